The lowest BCUT2D eigenvalue weighted by molar-refractivity contribution is 0.178. The van der Waals surface area contributed by atoms with Gasteiger partial charge < -0.3 is 15.4 Å². The van der Waals surface area contributed by atoms with E-state index in [9.17, 15) is 0 Å². The van der Waals surface area contributed by atoms with Crippen molar-refractivity contribution in [3.8, 4) is 6.07 Å². The number of methoxy groups -OCH3 is 1. The van der Waals surface area contributed by atoms with Crippen molar-refractivity contribution in [1.29, 1.82) is 5.26 Å². The molecule has 94 valence electrons. The summed E-state index contributed by atoms with van der Waals surface area (Å²) in [5.41, 5.74) is 5.27. The van der Waals surface area contributed by atoms with Crippen LogP contribution in [0.1, 0.15) is 32.6 Å². The molecule has 0 radical (unpaired) electrons. The third-order valence-electron chi connectivity index (χ3n) is 2.90. The van der Waals surface area contributed by atoms with Gasteiger partial charge in [-0.2, -0.15) is 5.26 Å². The van der Waals surface area contributed by atoms with Gasteiger partial charge in [0.1, 0.15) is 5.54 Å². The van der Waals surface area contributed by atoms with Gasteiger partial charge in [-0.1, -0.05) is 6.92 Å². The number of nitrogens with two attached hydrogens (primary N) is 1. The van der Waals surface area contributed by atoms with Crippen LogP contribution in [-0.4, -0.2) is 44.3 Å². The summed E-state index contributed by atoms with van der Waals surface area (Å²) in [6, 6.07) is 2.19. The molecule has 2 N–H and O–H groups in total. The van der Waals surface area contributed by atoms with Gasteiger partial charge >= 0.3 is 0 Å². The standard InChI is InChI=1S/C12H25N3O/c1-4-12(14,11-13)7-5-8-15(2)9-6-10-16-3/h4-10,14H2,1-3H3. The van der Waals surface area contributed by atoms with Gasteiger partial charge in [-0.3, -0.25) is 0 Å². The Morgan fingerprint density at radius 3 is 2.50 bits per heavy atom. The quantitative estimate of drug-likeness (QED) is 0.604. The highest BCUT2D eigenvalue weighted by molar-refractivity contribution is 5.03. The fourth-order valence-electron chi connectivity index (χ4n) is 1.57. The number of rotatable bonds is 9. The van der Waals surface area contributed by atoms with Gasteiger partial charge in [0, 0.05) is 20.3 Å². The highest BCUT2D eigenvalue weighted by Gasteiger charge is 2.21. The Morgan fingerprint density at radius 1 is 1.38 bits per heavy atom. The molecule has 1 atom stereocenters. The molecule has 0 aliphatic rings. The number of nitriles is 1. The maximum Gasteiger partial charge on any atom is 0.104 e. The van der Waals surface area contributed by atoms with Gasteiger partial charge in [-0.15, -0.1) is 0 Å². The number of hydrogen-bond donors (Lipinski definition) is 1. The summed E-state index contributed by atoms with van der Waals surface area (Å²) in [6.07, 6.45) is 3.51. The first-order valence-corrected chi connectivity index (χ1v) is 5.95. The van der Waals surface area contributed by atoms with Crippen molar-refractivity contribution in [3.05, 3.63) is 0 Å². The maximum atomic E-state index is 8.92. The maximum absolute atomic E-state index is 8.92. The smallest absolute Gasteiger partial charge is 0.104 e. The van der Waals surface area contributed by atoms with E-state index in [2.05, 4.69) is 18.0 Å². The Labute approximate surface area is 99.4 Å². The molecular formula is C12H25N3O. The van der Waals surface area contributed by atoms with E-state index in [1.807, 2.05) is 6.92 Å². The highest BCUT2D eigenvalue weighted by Crippen LogP contribution is 2.12. The lowest BCUT2D eigenvalue weighted by Crippen LogP contribution is -2.38. The minimum Gasteiger partial charge on any atom is -0.385 e. The molecule has 0 fully saturated rings. The van der Waals surface area contributed by atoms with E-state index in [0.717, 1.165) is 45.4 Å². The largest absolute Gasteiger partial charge is 0.385 e. The Kier molecular flexibility index (Phi) is 8.18. The molecule has 0 spiro atoms. The molecule has 0 aromatic heterocycles. The molecule has 0 aliphatic heterocycles. The molecule has 0 amide bonds. The molecule has 1 unspecified atom stereocenters. The average molecular weight is 227 g/mol. The topological polar surface area (TPSA) is 62.3 Å². The highest BCUT2D eigenvalue weighted by atomic mass is 16.5. The molecule has 0 rings (SSSR count). The van der Waals surface area contributed by atoms with Crippen LogP contribution >= 0.6 is 0 Å². The van der Waals surface area contributed by atoms with E-state index in [4.69, 9.17) is 15.7 Å². The minimum atomic E-state index is -0.632. The van der Waals surface area contributed by atoms with Crippen molar-refractivity contribution in [2.75, 3.05) is 33.9 Å². The lowest BCUT2D eigenvalue weighted by atomic mass is 9.93. The summed E-state index contributed by atoms with van der Waals surface area (Å²) in [5, 5.41) is 8.92. The first-order chi connectivity index (χ1) is 7.58. The van der Waals surface area contributed by atoms with E-state index < -0.39 is 5.54 Å². The van der Waals surface area contributed by atoms with Crippen LogP contribution in [0.5, 0.6) is 0 Å². The van der Waals surface area contributed by atoms with E-state index in [-0.39, 0.29) is 0 Å². The van der Waals surface area contributed by atoms with Gasteiger partial charge in [0.05, 0.1) is 6.07 Å². The summed E-state index contributed by atoms with van der Waals surface area (Å²) < 4.78 is 5.00. The fraction of sp³-hybridized carbons (Fsp3) is 0.917. The molecule has 0 aliphatic carbocycles. The zero-order valence-electron chi connectivity index (χ0n) is 10.8. The Morgan fingerprint density at radius 2 is 2.00 bits per heavy atom. The molecule has 0 bridgehead atoms. The SMILES string of the molecule is CCC(N)(C#N)CCCN(C)CCCOC. The lowest BCUT2D eigenvalue weighted by Gasteiger charge is -2.21. The molecule has 0 heterocycles. The molecular weight excluding hydrogens is 202 g/mol. The van der Waals surface area contributed by atoms with Crippen LogP contribution in [0.4, 0.5) is 0 Å². The second-order valence-electron chi connectivity index (χ2n) is 4.37. The zero-order chi connectivity index (χ0) is 12.4. The van der Waals surface area contributed by atoms with Gasteiger partial charge in [0.25, 0.3) is 0 Å². The third kappa shape index (κ3) is 6.78. The molecule has 0 aromatic rings. The van der Waals surface area contributed by atoms with Gasteiger partial charge in [-0.05, 0) is 39.3 Å². The first kappa shape index (κ1) is 15.4. The van der Waals surface area contributed by atoms with E-state index in [1.165, 1.54) is 0 Å². The van der Waals surface area contributed by atoms with Crippen molar-refractivity contribution in [1.82, 2.24) is 4.90 Å². The predicted octanol–water partition coefficient (Wildman–Crippen LogP) is 1.37. The summed E-state index contributed by atoms with van der Waals surface area (Å²) in [7, 11) is 3.81. The van der Waals surface area contributed by atoms with Gasteiger partial charge in [-0.25, -0.2) is 0 Å². The number of hydrogen-bond acceptors (Lipinski definition) is 4. The predicted molar refractivity (Wildman–Crippen MR) is 66.0 cm³/mol. The summed E-state index contributed by atoms with van der Waals surface area (Å²) >= 11 is 0. The van der Waals surface area contributed by atoms with Crippen LogP contribution in [-0.2, 0) is 4.74 Å². The Bertz CT molecular complexity index is 215. The van der Waals surface area contributed by atoms with Crippen molar-refractivity contribution in [2.24, 2.45) is 5.73 Å². The van der Waals surface area contributed by atoms with Crippen LogP contribution in [0.25, 0.3) is 0 Å². The Balaban J connectivity index is 3.61. The van der Waals surface area contributed by atoms with Crippen LogP contribution in [0.15, 0.2) is 0 Å². The minimum absolute atomic E-state index is 0.632. The van der Waals surface area contributed by atoms with Crippen LogP contribution in [0.3, 0.4) is 0 Å². The summed E-state index contributed by atoms with van der Waals surface area (Å²) in [4.78, 5) is 2.26. The Hall–Kier alpha value is -0.630. The van der Waals surface area contributed by atoms with Crippen LogP contribution < -0.4 is 5.73 Å². The van der Waals surface area contributed by atoms with E-state index in [0.29, 0.717) is 0 Å². The number of ether oxygens (including phenoxy) is 1. The zero-order valence-corrected chi connectivity index (χ0v) is 10.8. The molecule has 16 heavy (non-hydrogen) atoms. The normalized spacial score (nSPS) is 14.8. The average Bonchev–Trinajstić information content (AvgIpc) is 2.29. The molecule has 4 heteroatoms. The second kappa shape index (κ2) is 8.51. The van der Waals surface area contributed by atoms with Crippen molar-refractivity contribution >= 4 is 0 Å². The first-order valence-electron chi connectivity index (χ1n) is 5.95. The van der Waals surface area contributed by atoms with Gasteiger partial charge in [0.15, 0.2) is 0 Å². The molecule has 4 nitrogen and oxygen atoms in total. The summed E-state index contributed by atoms with van der Waals surface area (Å²) in [6.45, 7) is 4.79. The van der Waals surface area contributed by atoms with E-state index in [1.54, 1.807) is 7.11 Å². The molecule has 0 saturated carbocycles. The number of nitrogens with zero attached hydrogens (tertiary/aromatic N) is 2. The van der Waals surface area contributed by atoms with Crippen molar-refractivity contribution in [2.45, 2.75) is 38.1 Å². The van der Waals surface area contributed by atoms with Crippen molar-refractivity contribution < 1.29 is 4.74 Å². The van der Waals surface area contributed by atoms with E-state index >= 15 is 0 Å². The summed E-state index contributed by atoms with van der Waals surface area (Å²) in [5.74, 6) is 0. The molecule has 0 saturated heterocycles. The van der Waals surface area contributed by atoms with Gasteiger partial charge in [0.2, 0.25) is 0 Å². The van der Waals surface area contributed by atoms with Crippen molar-refractivity contribution in [3.63, 3.8) is 0 Å². The second-order valence-corrected chi connectivity index (χ2v) is 4.37. The monoisotopic (exact) mass is 227 g/mol. The fourth-order valence-corrected chi connectivity index (χ4v) is 1.57. The third-order valence-corrected chi connectivity index (χ3v) is 2.90. The van der Waals surface area contributed by atoms with Crippen LogP contribution in [0.2, 0.25) is 0 Å². The molecule has 0 aromatic carbocycles. The van der Waals surface area contributed by atoms with Crippen LogP contribution in [0, 0.1) is 11.3 Å².